The van der Waals surface area contributed by atoms with E-state index in [-0.39, 0.29) is 0 Å². The Labute approximate surface area is 71.8 Å². The topological polar surface area (TPSA) is 102 Å². The third-order valence-electron chi connectivity index (χ3n) is 1.61. The molecule has 3 unspecified atom stereocenters. The predicted octanol–water partition coefficient (Wildman–Crippen LogP) is -1.29. The molecule has 3 atom stereocenters. The van der Waals surface area contributed by atoms with Gasteiger partial charge in [0.05, 0.1) is 0 Å². The Hall–Kier alpha value is -0.900. The first-order chi connectivity index (χ1) is 5.85. The van der Waals surface area contributed by atoms with Crippen molar-refractivity contribution in [3.05, 3.63) is 0 Å². The highest BCUT2D eigenvalue weighted by Crippen LogP contribution is 2.69. The maximum Gasteiger partial charge on any atom is 0.539 e. The molecule has 2 fully saturated rings. The lowest BCUT2D eigenvalue weighted by Crippen LogP contribution is -2.56. The van der Waals surface area contributed by atoms with Gasteiger partial charge in [-0.1, -0.05) is 0 Å². The number of terminal acetylenes is 1. The normalized spacial score (nSPS) is 53.2. The van der Waals surface area contributed by atoms with Gasteiger partial charge >= 0.3 is 25.4 Å². The molecule has 2 aliphatic heterocycles. The Morgan fingerprint density at radius 3 is 2.38 bits per heavy atom. The molecule has 0 radical (unpaired) electrons. The van der Waals surface area contributed by atoms with Crippen LogP contribution in [0.5, 0.6) is 0 Å². The highest BCUT2D eigenvalue weighted by atomic mass is 31.2. The lowest BCUT2D eigenvalue weighted by molar-refractivity contribution is -0.259. The van der Waals surface area contributed by atoms with Gasteiger partial charge in [-0.3, -0.25) is 0 Å². The zero-order chi connectivity index (χ0) is 9.91. The molecule has 8 heteroatoms. The summed E-state index contributed by atoms with van der Waals surface area (Å²) < 4.78 is 23.5. The summed E-state index contributed by atoms with van der Waals surface area (Å²) in [4.78, 5) is 10.8. The molecule has 2 aliphatic rings. The van der Waals surface area contributed by atoms with E-state index in [4.69, 9.17) is 6.42 Å². The van der Waals surface area contributed by atoms with Crippen molar-refractivity contribution >= 4 is 13.8 Å². The molecule has 70 valence electrons. The van der Waals surface area contributed by atoms with Crippen LogP contribution < -0.4 is 0 Å². The number of fused-ring (bicyclic) bond motifs is 2. The SMILES string of the molecule is C#CC1(O)OP2(=O)OC(=O)C1(O)O2. The maximum atomic E-state index is 11.1. The number of phosphoric acid groups is 1. The van der Waals surface area contributed by atoms with E-state index in [0.29, 0.717) is 0 Å². The standard InChI is InChI=1S/C5H3O7P/c1-2-4(7)5(8)3(6)10-13(9,11-4)12-5/h1,7-8H. The molecule has 7 nitrogen and oxygen atoms in total. The van der Waals surface area contributed by atoms with E-state index < -0.39 is 25.4 Å². The van der Waals surface area contributed by atoms with E-state index >= 15 is 0 Å². The molecule has 2 N–H and O–H groups in total. The van der Waals surface area contributed by atoms with Gasteiger partial charge in [0, 0.05) is 0 Å². The molecule has 0 aromatic carbocycles. The third-order valence-corrected chi connectivity index (χ3v) is 2.98. The summed E-state index contributed by atoms with van der Waals surface area (Å²) in [6.45, 7) is 0. The quantitative estimate of drug-likeness (QED) is 0.375. The van der Waals surface area contributed by atoms with Crippen LogP contribution in [0.2, 0.25) is 0 Å². The first kappa shape index (κ1) is 8.69. The molecule has 13 heavy (non-hydrogen) atoms. The van der Waals surface area contributed by atoms with Crippen molar-refractivity contribution in [3.8, 4) is 12.3 Å². The van der Waals surface area contributed by atoms with E-state index in [0.717, 1.165) is 0 Å². The van der Waals surface area contributed by atoms with Crippen LogP contribution in [0, 0.1) is 12.3 Å². The minimum atomic E-state index is -4.23. The minimum Gasteiger partial charge on any atom is -0.366 e. The van der Waals surface area contributed by atoms with Crippen molar-refractivity contribution in [3.63, 3.8) is 0 Å². The van der Waals surface area contributed by atoms with Gasteiger partial charge in [-0.25, -0.2) is 18.4 Å². The van der Waals surface area contributed by atoms with Gasteiger partial charge in [0.25, 0.3) is 0 Å². The molecule has 0 spiro atoms. The van der Waals surface area contributed by atoms with Crippen LogP contribution >= 0.6 is 7.82 Å². The highest BCUT2D eigenvalue weighted by molar-refractivity contribution is 7.50. The first-order valence-corrected chi connectivity index (χ1v) is 4.49. The zero-order valence-corrected chi connectivity index (χ0v) is 6.85. The van der Waals surface area contributed by atoms with E-state index in [1.807, 2.05) is 0 Å². The van der Waals surface area contributed by atoms with Crippen LogP contribution in [-0.2, 0) is 22.9 Å². The molecule has 0 aliphatic carbocycles. The number of hydrogen-bond acceptors (Lipinski definition) is 7. The zero-order valence-electron chi connectivity index (χ0n) is 5.96. The van der Waals surface area contributed by atoms with Crippen LogP contribution in [-0.4, -0.2) is 27.8 Å². The molecular weight excluding hydrogens is 203 g/mol. The van der Waals surface area contributed by atoms with E-state index in [1.165, 1.54) is 0 Å². The van der Waals surface area contributed by atoms with Crippen molar-refractivity contribution in [1.82, 2.24) is 0 Å². The van der Waals surface area contributed by atoms with Crippen molar-refractivity contribution in [2.24, 2.45) is 0 Å². The van der Waals surface area contributed by atoms with Gasteiger partial charge in [0.1, 0.15) is 0 Å². The van der Waals surface area contributed by atoms with E-state index in [1.54, 1.807) is 5.92 Å². The lowest BCUT2D eigenvalue weighted by atomic mass is 10.1. The summed E-state index contributed by atoms with van der Waals surface area (Å²) in [6, 6.07) is 0. The molecule has 2 rings (SSSR count). The summed E-state index contributed by atoms with van der Waals surface area (Å²) in [5.74, 6) is -5.52. The van der Waals surface area contributed by atoms with Crippen LogP contribution in [0.15, 0.2) is 0 Å². The largest absolute Gasteiger partial charge is 0.539 e. The van der Waals surface area contributed by atoms with Gasteiger partial charge in [-0.05, 0) is 5.92 Å². The van der Waals surface area contributed by atoms with Gasteiger partial charge in [-0.2, -0.15) is 0 Å². The molecule has 0 aromatic heterocycles. The van der Waals surface area contributed by atoms with Crippen LogP contribution in [0.1, 0.15) is 0 Å². The fraction of sp³-hybridized carbons (Fsp3) is 0.400. The number of phosphoric ester groups is 1. The third kappa shape index (κ3) is 0.790. The Bertz CT molecular complexity index is 383. The monoisotopic (exact) mass is 206 g/mol. The number of rotatable bonds is 0. The smallest absolute Gasteiger partial charge is 0.366 e. The van der Waals surface area contributed by atoms with Crippen LogP contribution in [0.3, 0.4) is 0 Å². The molecule has 2 heterocycles. The van der Waals surface area contributed by atoms with Crippen molar-refractivity contribution < 1.29 is 33.1 Å². The Morgan fingerprint density at radius 2 is 2.08 bits per heavy atom. The average Bonchev–Trinajstić information content (AvgIpc) is 2.33. The summed E-state index contributed by atoms with van der Waals surface area (Å²) in [7, 11) is -4.23. The molecule has 2 saturated heterocycles. The van der Waals surface area contributed by atoms with Crippen LogP contribution in [0.4, 0.5) is 0 Å². The summed E-state index contributed by atoms with van der Waals surface area (Å²) in [5.41, 5.74) is 0. The predicted molar refractivity (Wildman–Crippen MR) is 34.6 cm³/mol. The summed E-state index contributed by atoms with van der Waals surface area (Å²) in [6.07, 6.45) is 4.77. The van der Waals surface area contributed by atoms with Gasteiger partial charge in [-0.15, -0.1) is 6.42 Å². The molecule has 0 amide bonds. The number of carbonyl (C=O) groups is 1. The molecular formula is C5H3O7P. The van der Waals surface area contributed by atoms with Gasteiger partial charge < -0.3 is 14.7 Å². The second-order valence-corrected chi connectivity index (χ2v) is 3.88. The molecule has 2 bridgehead atoms. The second kappa shape index (κ2) is 1.95. The van der Waals surface area contributed by atoms with Gasteiger partial charge in [0.2, 0.25) is 0 Å². The first-order valence-electron chi connectivity index (χ1n) is 3.03. The van der Waals surface area contributed by atoms with Crippen molar-refractivity contribution in [1.29, 1.82) is 0 Å². The fourth-order valence-electron chi connectivity index (χ4n) is 0.966. The highest BCUT2D eigenvalue weighted by Gasteiger charge is 2.78. The number of aliphatic hydroxyl groups is 2. The van der Waals surface area contributed by atoms with E-state index in [2.05, 4.69) is 13.6 Å². The summed E-state index contributed by atoms with van der Waals surface area (Å²) in [5, 5.41) is 18.6. The maximum absolute atomic E-state index is 11.1. The minimum absolute atomic E-state index is 1.43. The molecule has 0 saturated carbocycles. The second-order valence-electron chi connectivity index (χ2n) is 2.44. The lowest BCUT2D eigenvalue weighted by Gasteiger charge is -2.25. The number of carbonyl (C=O) groups excluding carboxylic acids is 1. The fourth-order valence-corrected chi connectivity index (χ4v) is 2.43. The molecule has 0 aromatic rings. The summed E-state index contributed by atoms with van der Waals surface area (Å²) >= 11 is 0. The average molecular weight is 206 g/mol. The van der Waals surface area contributed by atoms with Crippen molar-refractivity contribution in [2.45, 2.75) is 11.6 Å². The van der Waals surface area contributed by atoms with Crippen molar-refractivity contribution in [2.75, 3.05) is 0 Å². The Balaban J connectivity index is 2.59. The Kier molecular flexibility index (Phi) is 1.30. The Morgan fingerprint density at radius 1 is 1.46 bits per heavy atom. The van der Waals surface area contributed by atoms with E-state index in [9.17, 15) is 19.6 Å². The number of hydrogen-bond donors (Lipinski definition) is 2. The van der Waals surface area contributed by atoms with Crippen LogP contribution in [0.25, 0.3) is 0 Å². The van der Waals surface area contributed by atoms with Gasteiger partial charge in [0.15, 0.2) is 0 Å².